The lowest BCUT2D eigenvalue weighted by atomic mass is 9.52. The Morgan fingerprint density at radius 3 is 2.37 bits per heavy atom. The summed E-state index contributed by atoms with van der Waals surface area (Å²) < 4.78 is 26.2. The van der Waals surface area contributed by atoms with Crippen molar-refractivity contribution < 1.29 is 38.5 Å². The van der Waals surface area contributed by atoms with E-state index in [1.54, 1.807) is 10.6 Å². The number of hydrogen-bond donors (Lipinski definition) is 2. The molecule has 298 valence electrons. The number of ether oxygens (including phenoxy) is 4. The number of aliphatic hydroxyl groups excluding tert-OH is 1. The highest BCUT2D eigenvalue weighted by Crippen LogP contribution is 2.60. The van der Waals surface area contributed by atoms with Crippen molar-refractivity contribution in [2.45, 2.75) is 179 Å². The molecule has 1 amide bonds. The zero-order chi connectivity index (χ0) is 37.9. The first kappa shape index (κ1) is 38.5. The minimum Gasteiger partial charge on any atom is -0.458 e. The molecule has 2 N–H and O–H groups in total. The van der Waals surface area contributed by atoms with Gasteiger partial charge in [0.2, 0.25) is 5.91 Å². The Labute approximate surface area is 322 Å². The van der Waals surface area contributed by atoms with Gasteiger partial charge in [-0.25, -0.2) is 0 Å². The third kappa shape index (κ3) is 6.78. The second-order valence-corrected chi connectivity index (χ2v) is 18.6. The maximum atomic E-state index is 14.3. The first-order chi connectivity index (χ1) is 26.0. The standard InChI is InChI=1S/C44H64N2O8/c1-6-8-10-19-43(20-11-9-7-2)52-35-33-26-44(40(49)45-22-23-47)37(39(48)50-33)46(54-38(44)36(35)53-43)27-29-14-12-28(13-15-29)24-30-16-17-34-42(5,51-34)21-18-32-31(30)25-41(32,3)4/h12-15,24,31-38,47H,6-11,16-23,25-27H2,1-5H3,(H,45,49)/t31-,32-,33?,34?,35+,36+,37+,38-,42-,44?/m1/s1. The van der Waals surface area contributed by atoms with E-state index < -0.39 is 47.6 Å². The van der Waals surface area contributed by atoms with Gasteiger partial charge in [-0.3, -0.25) is 14.4 Å². The van der Waals surface area contributed by atoms with Gasteiger partial charge in [0.1, 0.15) is 29.8 Å². The second kappa shape index (κ2) is 14.9. The summed E-state index contributed by atoms with van der Waals surface area (Å²) in [5.74, 6) is -0.279. The van der Waals surface area contributed by atoms with Crippen LogP contribution in [0.4, 0.5) is 0 Å². The van der Waals surface area contributed by atoms with E-state index >= 15 is 0 Å². The maximum absolute atomic E-state index is 14.3. The van der Waals surface area contributed by atoms with Crippen LogP contribution in [0.3, 0.4) is 0 Å². The van der Waals surface area contributed by atoms with Crippen molar-refractivity contribution in [3.8, 4) is 0 Å². The number of rotatable bonds is 14. The van der Waals surface area contributed by atoms with E-state index in [1.165, 1.54) is 18.4 Å². The maximum Gasteiger partial charge on any atom is 0.327 e. The molecule has 7 aliphatic rings. The van der Waals surface area contributed by atoms with Gasteiger partial charge in [0.05, 0.1) is 24.9 Å². The zero-order valence-corrected chi connectivity index (χ0v) is 33.3. The highest BCUT2D eigenvalue weighted by Gasteiger charge is 2.76. The van der Waals surface area contributed by atoms with E-state index in [4.69, 9.17) is 23.8 Å². The van der Waals surface area contributed by atoms with Gasteiger partial charge in [-0.1, -0.05) is 89.3 Å². The van der Waals surface area contributed by atoms with Crippen LogP contribution in [0.2, 0.25) is 0 Å². The number of epoxide rings is 1. The number of carbonyl (C=O) groups excluding carboxylic acids is 2. The molecule has 4 heterocycles. The number of nitrogens with one attached hydrogen (secondary N) is 1. The molecule has 10 atom stereocenters. The molecular formula is C44H64N2O8. The Bertz CT molecular complexity index is 1570. The number of hydrogen-bond acceptors (Lipinski definition) is 9. The van der Waals surface area contributed by atoms with Gasteiger partial charge >= 0.3 is 5.97 Å². The van der Waals surface area contributed by atoms with Crippen molar-refractivity contribution in [3.63, 3.8) is 0 Å². The summed E-state index contributed by atoms with van der Waals surface area (Å²) in [5, 5.41) is 14.2. The molecule has 0 aromatic heterocycles. The van der Waals surface area contributed by atoms with Gasteiger partial charge in [0, 0.05) is 25.8 Å². The number of unbranched alkanes of at least 4 members (excludes halogenated alkanes) is 4. The summed E-state index contributed by atoms with van der Waals surface area (Å²) in [5.41, 5.74) is 2.88. The van der Waals surface area contributed by atoms with Crippen LogP contribution < -0.4 is 5.32 Å². The molecule has 3 saturated carbocycles. The van der Waals surface area contributed by atoms with Crippen LogP contribution >= 0.6 is 0 Å². The number of hydroxylamine groups is 2. The van der Waals surface area contributed by atoms with Crippen LogP contribution in [0.5, 0.6) is 0 Å². The third-order valence-electron chi connectivity index (χ3n) is 14.5. The topological polar surface area (TPSA) is 119 Å². The monoisotopic (exact) mass is 748 g/mol. The Balaban J connectivity index is 1.04. The fourth-order valence-corrected chi connectivity index (χ4v) is 11.3. The lowest BCUT2D eigenvalue weighted by Gasteiger charge is -2.53. The summed E-state index contributed by atoms with van der Waals surface area (Å²) in [4.78, 5) is 35.1. The summed E-state index contributed by atoms with van der Waals surface area (Å²) in [7, 11) is 0. The first-order valence-electron chi connectivity index (χ1n) is 21.3. The average molecular weight is 749 g/mol. The molecule has 7 fully saturated rings. The molecule has 54 heavy (non-hydrogen) atoms. The van der Waals surface area contributed by atoms with Crippen LogP contribution in [-0.4, -0.2) is 83.1 Å². The Hall–Kier alpha value is -2.34. The van der Waals surface area contributed by atoms with Crippen LogP contribution in [0.1, 0.15) is 136 Å². The summed E-state index contributed by atoms with van der Waals surface area (Å²) in [6.45, 7) is 11.7. The number of esters is 1. The van der Waals surface area contributed by atoms with Gasteiger partial charge in [-0.2, -0.15) is 5.06 Å². The molecular weight excluding hydrogens is 684 g/mol. The van der Waals surface area contributed by atoms with Gasteiger partial charge in [-0.15, -0.1) is 0 Å². The normalized spacial score (nSPS) is 39.3. The number of benzene rings is 1. The second-order valence-electron chi connectivity index (χ2n) is 18.6. The first-order valence-corrected chi connectivity index (χ1v) is 21.3. The van der Waals surface area contributed by atoms with E-state index in [1.807, 2.05) is 0 Å². The lowest BCUT2D eigenvalue weighted by molar-refractivity contribution is -0.224. The quantitative estimate of drug-likeness (QED) is 0.118. The van der Waals surface area contributed by atoms with E-state index in [0.29, 0.717) is 29.9 Å². The summed E-state index contributed by atoms with van der Waals surface area (Å²) in [6, 6.07) is 7.59. The number of allylic oxidation sites excluding steroid dienone is 1. The molecule has 2 bridgehead atoms. The molecule has 4 saturated heterocycles. The van der Waals surface area contributed by atoms with Crippen molar-refractivity contribution in [1.29, 1.82) is 0 Å². The van der Waals surface area contributed by atoms with Crippen LogP contribution in [0, 0.1) is 22.7 Å². The smallest absolute Gasteiger partial charge is 0.327 e. The average Bonchev–Trinajstić information content (AvgIpc) is 3.43. The fraction of sp³-hybridized carbons (Fsp3) is 0.773. The van der Waals surface area contributed by atoms with Crippen LogP contribution in [0.25, 0.3) is 6.08 Å². The van der Waals surface area contributed by atoms with Crippen molar-refractivity contribution in [3.05, 3.63) is 41.0 Å². The lowest BCUT2D eigenvalue weighted by Crippen LogP contribution is -2.69. The molecule has 8 rings (SSSR count). The number of aliphatic hydroxyl groups is 1. The molecule has 0 spiro atoms. The van der Waals surface area contributed by atoms with Crippen LogP contribution in [-0.2, 0) is 39.9 Å². The van der Waals surface area contributed by atoms with Gasteiger partial charge in [0.15, 0.2) is 11.8 Å². The van der Waals surface area contributed by atoms with Crippen LogP contribution in [0.15, 0.2) is 29.8 Å². The molecule has 10 nitrogen and oxygen atoms in total. The van der Waals surface area contributed by atoms with Gasteiger partial charge < -0.3 is 29.4 Å². The summed E-state index contributed by atoms with van der Waals surface area (Å²) in [6.07, 6.45) is 14.1. The van der Waals surface area contributed by atoms with Crippen molar-refractivity contribution in [2.75, 3.05) is 13.2 Å². The fourth-order valence-electron chi connectivity index (χ4n) is 11.3. The highest BCUT2D eigenvalue weighted by molar-refractivity contribution is 5.93. The van der Waals surface area contributed by atoms with Crippen molar-refractivity contribution in [1.82, 2.24) is 10.4 Å². The Kier molecular flexibility index (Phi) is 10.6. The predicted molar refractivity (Wildman–Crippen MR) is 204 cm³/mol. The van der Waals surface area contributed by atoms with Crippen molar-refractivity contribution >= 4 is 18.0 Å². The number of nitrogens with zero attached hydrogens (tertiary/aromatic N) is 1. The minimum absolute atomic E-state index is 0.0659. The molecule has 10 heteroatoms. The Morgan fingerprint density at radius 1 is 0.963 bits per heavy atom. The van der Waals surface area contributed by atoms with Gasteiger partial charge in [-0.05, 0) is 80.2 Å². The third-order valence-corrected chi connectivity index (χ3v) is 14.5. The van der Waals surface area contributed by atoms with Gasteiger partial charge in [0.25, 0.3) is 0 Å². The number of fused-ring (bicyclic) bond motifs is 6. The molecule has 1 aromatic rings. The van der Waals surface area contributed by atoms with E-state index in [-0.39, 0.29) is 31.1 Å². The molecule has 1 aromatic carbocycles. The Morgan fingerprint density at radius 2 is 1.69 bits per heavy atom. The molecule has 3 unspecified atom stereocenters. The van der Waals surface area contributed by atoms with E-state index in [0.717, 1.165) is 76.2 Å². The SMILES string of the molecule is CCCCCC1(CCCCC)O[C@@H]2[C@H]3ON(Cc4ccc(C=C5CCC6O[C@]6(C)CC[C@@H]6[C@@H]5CC6(C)C)cc4)[C@H]4C(=O)OC(CC34C(=O)NCCO)[C@@H]2O1. The predicted octanol–water partition coefficient (Wildman–Crippen LogP) is 7.01. The zero-order valence-electron chi connectivity index (χ0n) is 33.3. The highest BCUT2D eigenvalue weighted by atomic mass is 16.8. The number of amides is 1. The van der Waals surface area contributed by atoms with E-state index in [9.17, 15) is 14.7 Å². The number of carbonyl (C=O) groups is 2. The largest absolute Gasteiger partial charge is 0.458 e. The molecule has 4 aliphatic heterocycles. The molecule has 0 radical (unpaired) electrons. The molecule has 3 aliphatic carbocycles. The van der Waals surface area contributed by atoms with E-state index in [2.05, 4.69) is 70.3 Å². The summed E-state index contributed by atoms with van der Waals surface area (Å²) >= 11 is 0. The minimum atomic E-state index is -1.24. The van der Waals surface area contributed by atoms with Crippen molar-refractivity contribution in [2.24, 2.45) is 22.7 Å².